The molecule has 3 aliphatic heterocycles. The van der Waals surface area contributed by atoms with E-state index < -0.39 is 53.9 Å². The van der Waals surface area contributed by atoms with E-state index in [1.54, 1.807) is 55.1 Å². The number of nitrogens with one attached hydrogen (secondary N) is 5. The number of aromatic amines is 2. The summed E-state index contributed by atoms with van der Waals surface area (Å²) in [6, 6.07) is 18.8. The molecule has 3 aliphatic rings. The first kappa shape index (κ1) is 71.0. The van der Waals surface area contributed by atoms with Crippen LogP contribution in [-0.4, -0.2) is 180 Å². The number of amides is 11. The zero-order valence-corrected chi connectivity index (χ0v) is 57.0. The number of anilines is 3. The maximum absolute atomic E-state index is 14.7. The minimum Gasteiger partial charge on any atom is -0.492 e. The van der Waals surface area contributed by atoms with Crippen molar-refractivity contribution in [1.29, 1.82) is 0 Å². The number of ether oxygens (including phenoxy) is 3. The Balaban J connectivity index is 0.712. The number of hydrogen-bond donors (Lipinski definition) is 7. The summed E-state index contributed by atoms with van der Waals surface area (Å²) in [5.74, 6) is -2.78. The Kier molecular flexibility index (Phi) is 23.2. The Labute approximate surface area is 575 Å². The van der Waals surface area contributed by atoms with E-state index in [1.165, 1.54) is 84.5 Å². The van der Waals surface area contributed by atoms with Gasteiger partial charge < -0.3 is 66.3 Å². The number of imide groups is 2. The van der Waals surface area contributed by atoms with Crippen molar-refractivity contribution in [2.24, 2.45) is 17.4 Å². The molecule has 7 aromatic rings. The number of aryl methyl sites for hydroxylation is 1. The molecule has 10 rings (SSSR count). The average molecular weight is 1380 g/mol. The number of nitrogens with zero attached hydrogens (tertiary/aromatic N) is 6. The van der Waals surface area contributed by atoms with Crippen LogP contribution in [0.1, 0.15) is 109 Å². The number of likely N-dealkylation sites (N-methyl/N-ethyl adjacent to an activating group) is 2. The van der Waals surface area contributed by atoms with Gasteiger partial charge in [-0.3, -0.25) is 43.4 Å². The third-order valence-electron chi connectivity index (χ3n) is 17.7. The highest BCUT2D eigenvalue weighted by Crippen LogP contribution is 2.49. The SMILES string of the molecule is Cc1csc2c(OC(=O)N(C)CCN(C)C(=O)OCc3ccc(N(C(N)=O)C(=O)[C@H](CCCN)NC(=O)[C@@H](NC(=O)CCCCCN4C(=O)C=CC4=O)C(C)C)cc3)cc3c(c12)[C@H](CCl)CN3C(=O)c1cc2cc(NC(=O)c3cc4cc(OCCN5CCCC5)ccc4[nH]3)ccc2[nH]1. The van der Waals surface area contributed by atoms with E-state index in [2.05, 4.69) is 30.8 Å². The van der Waals surface area contributed by atoms with Gasteiger partial charge in [0.2, 0.25) is 11.8 Å². The van der Waals surface area contributed by atoms with Crippen molar-refractivity contribution in [3.8, 4) is 11.5 Å². The van der Waals surface area contributed by atoms with Crippen LogP contribution in [0.4, 0.5) is 31.4 Å². The molecule has 26 nitrogen and oxygen atoms in total. The molecular weight excluding hydrogens is 1300 g/mol. The van der Waals surface area contributed by atoms with Crippen LogP contribution in [0.25, 0.3) is 31.9 Å². The van der Waals surface area contributed by atoms with Crippen LogP contribution in [0.2, 0.25) is 0 Å². The standard InChI is InChI=1S/C70H82ClN13O13S/c1-41(2)62(78-57(85)13-7-6-8-27-82-58(86)22-23-59(82)87)65(89)77-52(12-11-24-72)67(91)84(68(73)92)48-17-14-43(15-18-48)39-96-69(93)79(4)28-29-80(5)70(94)97-56-36-55-61(60-42(3)40-98-63(56)60)46(37-71)38-83(55)66(90)54-35-44-32-47(16-20-50(44)76-54)74-64(88)53-34-45-33-49(19-21-51(45)75-53)95-31-30-81-25-9-10-26-81/h14-23,32-36,40-41,46,52,62,75-76H,6-13,24-31,37-39,72H2,1-5H3,(H2,73,92)(H,74,88)(H,77,89)(H,78,85)/t46-,52+,62+/m1/s1. The summed E-state index contributed by atoms with van der Waals surface area (Å²) in [5.41, 5.74) is 17.1. The van der Waals surface area contributed by atoms with Gasteiger partial charge in [0.1, 0.15) is 42.4 Å². The smallest absolute Gasteiger partial charge is 0.415 e. The highest BCUT2D eigenvalue weighted by molar-refractivity contribution is 7.17. The molecule has 0 unspecified atom stereocenters. The maximum Gasteiger partial charge on any atom is 0.415 e. The zero-order valence-electron chi connectivity index (χ0n) is 55.4. The summed E-state index contributed by atoms with van der Waals surface area (Å²) in [6.45, 7) is 9.57. The molecule has 0 spiro atoms. The minimum atomic E-state index is -1.27. The first-order valence-corrected chi connectivity index (χ1v) is 34.2. The molecule has 0 radical (unpaired) electrons. The third-order valence-corrected chi connectivity index (χ3v) is 19.2. The van der Waals surface area contributed by atoms with Gasteiger partial charge in [-0.2, -0.15) is 0 Å². The van der Waals surface area contributed by atoms with E-state index in [4.69, 9.17) is 37.3 Å². The number of primary amides is 1. The summed E-state index contributed by atoms with van der Waals surface area (Å²) in [4.78, 5) is 148. The van der Waals surface area contributed by atoms with Gasteiger partial charge in [-0.15, -0.1) is 22.9 Å². The summed E-state index contributed by atoms with van der Waals surface area (Å²) in [5, 5.41) is 12.8. The molecule has 9 N–H and O–H groups in total. The van der Waals surface area contributed by atoms with E-state index in [0.29, 0.717) is 69.8 Å². The van der Waals surface area contributed by atoms with Crippen LogP contribution in [0.15, 0.2) is 96.4 Å². The number of benzene rings is 4. The molecule has 3 aromatic heterocycles. The minimum absolute atomic E-state index is 0.0331. The third kappa shape index (κ3) is 16.8. The largest absolute Gasteiger partial charge is 0.492 e. The molecule has 1 saturated heterocycles. The van der Waals surface area contributed by atoms with Crippen LogP contribution < -0.4 is 46.7 Å². The summed E-state index contributed by atoms with van der Waals surface area (Å²) in [6.07, 6.45) is 5.30. The van der Waals surface area contributed by atoms with Gasteiger partial charge in [0, 0.05) is 116 Å². The lowest BCUT2D eigenvalue weighted by molar-refractivity contribution is -0.137. The number of H-pyrrole nitrogens is 2. The van der Waals surface area contributed by atoms with Gasteiger partial charge in [-0.1, -0.05) is 32.4 Å². The van der Waals surface area contributed by atoms with E-state index in [1.807, 2.05) is 30.5 Å². The van der Waals surface area contributed by atoms with E-state index >= 15 is 0 Å². The van der Waals surface area contributed by atoms with Gasteiger partial charge in [-0.25, -0.2) is 19.3 Å². The molecule has 0 saturated carbocycles. The van der Waals surface area contributed by atoms with Crippen LogP contribution in [0.3, 0.4) is 0 Å². The van der Waals surface area contributed by atoms with E-state index in [-0.39, 0.29) is 105 Å². The molecule has 98 heavy (non-hydrogen) atoms. The molecule has 6 heterocycles. The number of fused-ring (bicyclic) bond motifs is 5. The van der Waals surface area contributed by atoms with Gasteiger partial charge in [0.05, 0.1) is 16.1 Å². The Morgan fingerprint density at radius 2 is 1.48 bits per heavy atom. The van der Waals surface area contributed by atoms with Crippen molar-refractivity contribution < 1.29 is 62.2 Å². The van der Waals surface area contributed by atoms with Crippen LogP contribution in [-0.2, 0) is 35.3 Å². The van der Waals surface area contributed by atoms with Gasteiger partial charge in [0.15, 0.2) is 5.75 Å². The van der Waals surface area contributed by atoms with Crippen molar-refractivity contribution in [2.45, 2.75) is 96.7 Å². The lowest BCUT2D eigenvalue weighted by Gasteiger charge is -2.28. The summed E-state index contributed by atoms with van der Waals surface area (Å²) >= 11 is 8.05. The number of carbonyl (C=O) groups excluding carboxylic acids is 10. The van der Waals surface area contributed by atoms with Crippen molar-refractivity contribution in [3.63, 3.8) is 0 Å². The molecule has 28 heteroatoms. The number of unbranched alkanes of at least 4 members (excludes halogenated alkanes) is 2. The molecule has 4 aromatic carbocycles. The number of alkyl halides is 1. The summed E-state index contributed by atoms with van der Waals surface area (Å²) < 4.78 is 18.4. The highest BCUT2D eigenvalue weighted by atomic mass is 35.5. The van der Waals surface area contributed by atoms with Crippen LogP contribution in [0, 0.1) is 12.8 Å². The second-order valence-electron chi connectivity index (χ2n) is 25.2. The zero-order chi connectivity index (χ0) is 69.9. The Hall–Kier alpha value is -9.83. The lowest BCUT2D eigenvalue weighted by atomic mass is 9.97. The number of rotatable bonds is 29. The Morgan fingerprint density at radius 1 is 0.796 bits per heavy atom. The molecule has 0 aliphatic carbocycles. The normalized spacial score (nSPS) is 15.0. The van der Waals surface area contributed by atoms with Crippen LogP contribution >= 0.6 is 22.9 Å². The number of hydrogen-bond acceptors (Lipinski definition) is 16. The monoisotopic (exact) mass is 1380 g/mol. The lowest BCUT2D eigenvalue weighted by Crippen LogP contribution is -2.57. The van der Waals surface area contributed by atoms with E-state index in [9.17, 15) is 47.9 Å². The first-order chi connectivity index (χ1) is 47.1. The molecule has 1 fully saturated rings. The number of aromatic nitrogens is 2. The van der Waals surface area contributed by atoms with Crippen molar-refractivity contribution in [1.82, 2.24) is 40.2 Å². The predicted molar refractivity (Wildman–Crippen MR) is 374 cm³/mol. The fourth-order valence-electron chi connectivity index (χ4n) is 12.3. The van der Waals surface area contributed by atoms with Crippen LogP contribution in [0.5, 0.6) is 11.5 Å². The topological polar surface area (TPSA) is 338 Å². The van der Waals surface area contributed by atoms with Gasteiger partial charge >= 0.3 is 18.2 Å². The second kappa shape index (κ2) is 32.0. The fraction of sp³-hybridized carbons (Fsp3) is 0.400. The highest BCUT2D eigenvalue weighted by Gasteiger charge is 2.38. The number of thiophene rings is 1. The summed E-state index contributed by atoms with van der Waals surface area (Å²) in [7, 11) is 3.03. The molecule has 11 amide bonds. The molecule has 518 valence electrons. The predicted octanol–water partition coefficient (Wildman–Crippen LogP) is 8.84. The first-order valence-electron chi connectivity index (χ1n) is 32.8. The van der Waals surface area contributed by atoms with E-state index in [0.717, 1.165) is 62.6 Å². The number of nitrogens with two attached hydrogens (primary N) is 2. The van der Waals surface area contributed by atoms with Gasteiger partial charge in [0.25, 0.3) is 29.5 Å². The Morgan fingerprint density at radius 3 is 2.17 bits per heavy atom. The van der Waals surface area contributed by atoms with Crippen molar-refractivity contribution >= 4 is 131 Å². The van der Waals surface area contributed by atoms with Gasteiger partial charge in [-0.05, 0) is 154 Å². The maximum atomic E-state index is 14.7. The number of halogens is 1. The molecule has 0 bridgehead atoms. The number of likely N-dealkylation sites (tertiary alicyclic amines) is 1. The average Bonchev–Trinajstić information content (AvgIpc) is 1.57. The second-order valence-corrected chi connectivity index (χ2v) is 26.4. The quantitative estimate of drug-likeness (QED) is 0.0131. The van der Waals surface area contributed by atoms with Crippen molar-refractivity contribution in [3.05, 3.63) is 124 Å². The Bertz CT molecular complexity index is 4180. The number of urea groups is 1. The molecule has 3 atom stereocenters. The van der Waals surface area contributed by atoms with Crippen molar-refractivity contribution in [2.75, 3.05) is 94.1 Å². The number of carbonyl (C=O) groups is 10. The fourth-order valence-corrected chi connectivity index (χ4v) is 13.5. The molecular formula is C70H82ClN13O13S.